The zero-order chi connectivity index (χ0) is 10.7. The van der Waals surface area contributed by atoms with Gasteiger partial charge in [-0.05, 0) is 19.1 Å². The van der Waals surface area contributed by atoms with Crippen LogP contribution in [0.5, 0.6) is 0 Å². The number of nitrogens with zero attached hydrogens (tertiary/aromatic N) is 2. The Hall–Kier alpha value is -1.14. The summed E-state index contributed by atoms with van der Waals surface area (Å²) in [5, 5.41) is 11.0. The van der Waals surface area contributed by atoms with Crippen molar-refractivity contribution in [3.8, 4) is 0 Å². The van der Waals surface area contributed by atoms with Crippen molar-refractivity contribution >= 4 is 40.4 Å². The van der Waals surface area contributed by atoms with Crippen LogP contribution in [0.15, 0.2) is 22.3 Å². The maximum Gasteiger partial charge on any atom is 0.236 e. The van der Waals surface area contributed by atoms with Gasteiger partial charge in [-0.15, -0.1) is 16.4 Å². The van der Waals surface area contributed by atoms with Gasteiger partial charge in [0.25, 0.3) is 0 Å². The topological polar surface area (TPSA) is 53.8 Å². The molecule has 0 bridgehead atoms. The van der Waals surface area contributed by atoms with Gasteiger partial charge in [0, 0.05) is 9.75 Å². The van der Waals surface area contributed by atoms with Crippen molar-refractivity contribution < 1.29 is 4.79 Å². The Morgan fingerprint density at radius 1 is 1.53 bits per heavy atom. The highest BCUT2D eigenvalue weighted by atomic mass is 32.2. The van der Waals surface area contributed by atoms with Crippen LogP contribution in [-0.4, -0.2) is 23.0 Å². The van der Waals surface area contributed by atoms with Gasteiger partial charge in [0.1, 0.15) is 0 Å². The number of carbonyl (C=O) groups is 1. The predicted molar refractivity (Wildman–Crippen MR) is 64.7 cm³/mol. The lowest BCUT2D eigenvalue weighted by atomic mass is 10.4. The monoisotopic (exact) mass is 239 g/mol. The molecule has 1 aliphatic heterocycles. The molecule has 0 spiro atoms. The van der Waals surface area contributed by atoms with Gasteiger partial charge in [0.05, 0.1) is 12.0 Å². The van der Waals surface area contributed by atoms with E-state index in [0.717, 1.165) is 4.88 Å². The molecule has 1 fully saturated rings. The summed E-state index contributed by atoms with van der Waals surface area (Å²) in [5.41, 5.74) is 0. The molecule has 1 amide bonds. The molecule has 0 aliphatic carbocycles. The van der Waals surface area contributed by atoms with Crippen molar-refractivity contribution in [2.24, 2.45) is 10.2 Å². The molecule has 0 saturated carbocycles. The van der Waals surface area contributed by atoms with Crippen LogP contribution < -0.4 is 5.32 Å². The second-order valence-electron chi connectivity index (χ2n) is 2.93. The normalized spacial score (nSPS) is 19.0. The smallest absolute Gasteiger partial charge is 0.236 e. The van der Waals surface area contributed by atoms with Crippen molar-refractivity contribution in [2.75, 3.05) is 5.75 Å². The van der Waals surface area contributed by atoms with E-state index in [1.165, 1.54) is 16.6 Å². The molecule has 6 heteroatoms. The summed E-state index contributed by atoms with van der Waals surface area (Å²) in [5.74, 6) is 0.424. The van der Waals surface area contributed by atoms with Gasteiger partial charge in [-0.2, -0.15) is 5.10 Å². The van der Waals surface area contributed by atoms with Crippen molar-refractivity contribution in [1.29, 1.82) is 0 Å². The Labute approximate surface area is 95.5 Å². The van der Waals surface area contributed by atoms with Gasteiger partial charge in [0.2, 0.25) is 5.91 Å². The number of aryl methyl sites for hydroxylation is 1. The number of carbonyl (C=O) groups excluding carboxylic acids is 1. The molecule has 1 aliphatic rings. The highest BCUT2D eigenvalue weighted by molar-refractivity contribution is 8.15. The van der Waals surface area contributed by atoms with Gasteiger partial charge in [-0.3, -0.25) is 4.79 Å². The predicted octanol–water partition coefficient (Wildman–Crippen LogP) is 1.61. The number of amidine groups is 1. The number of rotatable bonds is 2. The van der Waals surface area contributed by atoms with Gasteiger partial charge < -0.3 is 5.32 Å². The Morgan fingerprint density at radius 3 is 3.00 bits per heavy atom. The second-order valence-corrected chi connectivity index (χ2v) is 5.22. The van der Waals surface area contributed by atoms with E-state index < -0.39 is 0 Å². The molecule has 0 radical (unpaired) electrons. The van der Waals surface area contributed by atoms with Crippen LogP contribution in [0, 0.1) is 6.92 Å². The molecule has 0 aromatic carbocycles. The number of thiophene rings is 1. The van der Waals surface area contributed by atoms with Crippen LogP contribution in [0.2, 0.25) is 0 Å². The lowest BCUT2D eigenvalue weighted by Crippen LogP contribution is -2.19. The number of nitrogens with one attached hydrogen (secondary N) is 1. The molecule has 1 saturated heterocycles. The van der Waals surface area contributed by atoms with Crippen LogP contribution in [0.4, 0.5) is 0 Å². The molecule has 0 atom stereocenters. The Bertz CT molecular complexity index is 436. The van der Waals surface area contributed by atoms with Crippen LogP contribution in [0.25, 0.3) is 0 Å². The molecule has 1 aromatic heterocycles. The summed E-state index contributed by atoms with van der Waals surface area (Å²) >= 11 is 3.03. The summed E-state index contributed by atoms with van der Waals surface area (Å²) in [4.78, 5) is 13.1. The number of thioether (sulfide) groups is 1. The third-order valence-electron chi connectivity index (χ3n) is 1.68. The fraction of sp³-hybridized carbons (Fsp3) is 0.222. The van der Waals surface area contributed by atoms with E-state index in [1.54, 1.807) is 17.6 Å². The minimum atomic E-state index is -0.0130. The van der Waals surface area contributed by atoms with Crippen molar-refractivity contribution in [1.82, 2.24) is 5.32 Å². The maximum atomic E-state index is 10.8. The molecular formula is C9H9N3OS2. The standard InChI is InChI=1S/C9H9N3OS2/c1-6-2-3-7(15-6)4-10-12-9-11-8(13)5-14-9/h2-4H,5H2,1H3,(H,11,12,13)/b10-4+. The summed E-state index contributed by atoms with van der Waals surface area (Å²) in [6.45, 7) is 2.04. The fourth-order valence-corrected chi connectivity index (χ4v) is 2.41. The van der Waals surface area contributed by atoms with Crippen LogP contribution in [-0.2, 0) is 4.79 Å². The first-order chi connectivity index (χ1) is 7.24. The molecule has 0 unspecified atom stereocenters. The lowest BCUT2D eigenvalue weighted by Gasteiger charge is -1.88. The van der Waals surface area contributed by atoms with Crippen LogP contribution in [0.1, 0.15) is 9.75 Å². The second kappa shape index (κ2) is 4.59. The van der Waals surface area contributed by atoms with Gasteiger partial charge >= 0.3 is 0 Å². The molecular weight excluding hydrogens is 230 g/mol. The molecule has 1 N–H and O–H groups in total. The minimum absolute atomic E-state index is 0.0130. The quantitative estimate of drug-likeness (QED) is 0.629. The average Bonchev–Trinajstić information content (AvgIpc) is 2.76. The number of hydrogen-bond acceptors (Lipinski definition) is 5. The molecule has 78 valence electrons. The number of amides is 1. The summed E-state index contributed by atoms with van der Waals surface area (Å²) < 4.78 is 0. The van der Waals surface area contributed by atoms with Crippen molar-refractivity contribution in [3.63, 3.8) is 0 Å². The zero-order valence-electron chi connectivity index (χ0n) is 8.06. The van der Waals surface area contributed by atoms with E-state index in [2.05, 4.69) is 15.5 Å². The fourth-order valence-electron chi connectivity index (χ4n) is 1.04. The first-order valence-electron chi connectivity index (χ1n) is 4.34. The van der Waals surface area contributed by atoms with E-state index in [1.807, 2.05) is 19.1 Å². The Balaban J connectivity index is 1.98. The summed E-state index contributed by atoms with van der Waals surface area (Å²) in [6, 6.07) is 4.02. The molecule has 2 heterocycles. The lowest BCUT2D eigenvalue weighted by molar-refractivity contribution is -0.116. The first kappa shape index (κ1) is 10.4. The Morgan fingerprint density at radius 2 is 2.40 bits per heavy atom. The molecule has 4 nitrogen and oxygen atoms in total. The minimum Gasteiger partial charge on any atom is -0.303 e. The summed E-state index contributed by atoms with van der Waals surface area (Å²) in [7, 11) is 0. The highest BCUT2D eigenvalue weighted by Gasteiger charge is 2.15. The van der Waals surface area contributed by atoms with Crippen molar-refractivity contribution in [2.45, 2.75) is 6.92 Å². The van der Waals surface area contributed by atoms with Gasteiger partial charge in [0.15, 0.2) is 5.17 Å². The van der Waals surface area contributed by atoms with Gasteiger partial charge in [-0.1, -0.05) is 11.8 Å². The van der Waals surface area contributed by atoms with E-state index in [9.17, 15) is 4.79 Å². The summed E-state index contributed by atoms with van der Waals surface area (Å²) in [6.07, 6.45) is 1.69. The zero-order valence-corrected chi connectivity index (χ0v) is 9.69. The highest BCUT2D eigenvalue weighted by Crippen LogP contribution is 2.13. The Kier molecular flexibility index (Phi) is 3.17. The molecule has 1 aromatic rings. The average molecular weight is 239 g/mol. The van der Waals surface area contributed by atoms with Crippen LogP contribution >= 0.6 is 23.1 Å². The van der Waals surface area contributed by atoms with E-state index in [4.69, 9.17) is 0 Å². The van der Waals surface area contributed by atoms with E-state index in [-0.39, 0.29) is 5.91 Å². The third-order valence-corrected chi connectivity index (χ3v) is 3.48. The molecule has 2 rings (SSSR count). The SMILES string of the molecule is Cc1ccc(/C=N/N=C2/NC(=O)CS2)s1. The third kappa shape index (κ3) is 2.90. The molecule has 15 heavy (non-hydrogen) atoms. The maximum absolute atomic E-state index is 10.8. The van der Waals surface area contributed by atoms with E-state index in [0.29, 0.717) is 10.9 Å². The number of hydrogen-bond donors (Lipinski definition) is 1. The van der Waals surface area contributed by atoms with Crippen molar-refractivity contribution in [3.05, 3.63) is 21.9 Å². The van der Waals surface area contributed by atoms with Gasteiger partial charge in [-0.25, -0.2) is 0 Å². The largest absolute Gasteiger partial charge is 0.303 e. The first-order valence-corrected chi connectivity index (χ1v) is 6.14. The van der Waals surface area contributed by atoms with Crippen LogP contribution in [0.3, 0.4) is 0 Å². The van der Waals surface area contributed by atoms with E-state index >= 15 is 0 Å².